The number of halogens is 1. The molecule has 0 saturated heterocycles. The highest BCUT2D eigenvalue weighted by Crippen LogP contribution is 2.35. The monoisotopic (exact) mass is 631 g/mol. The number of fused-ring (bicyclic) bond motifs is 2. The zero-order chi connectivity index (χ0) is 31.7. The topological polar surface area (TPSA) is 129 Å². The number of hydrogen-bond acceptors (Lipinski definition) is 7. The highest BCUT2D eigenvalue weighted by Gasteiger charge is 2.16. The molecule has 230 valence electrons. The summed E-state index contributed by atoms with van der Waals surface area (Å²) < 4.78 is 38.1. The lowest BCUT2D eigenvalue weighted by atomic mass is 10.0. The molecule has 3 N–H and O–H groups in total. The number of H-pyrrole nitrogens is 2. The number of pyridine rings is 3. The highest BCUT2D eigenvalue weighted by molar-refractivity contribution is 7.90. The summed E-state index contributed by atoms with van der Waals surface area (Å²) in [5.74, 6) is -0.487. The van der Waals surface area contributed by atoms with Crippen molar-refractivity contribution in [3.8, 4) is 33.8 Å². The Labute approximate surface area is 264 Å². The Morgan fingerprint density at radius 3 is 2.43 bits per heavy atom. The third-order valence-corrected chi connectivity index (χ3v) is 8.82. The maximum Gasteiger partial charge on any atom is 0.147 e. The smallest absolute Gasteiger partial charge is 0.147 e. The van der Waals surface area contributed by atoms with E-state index in [9.17, 15) is 12.8 Å². The normalized spacial score (nSPS) is 11.9. The number of rotatable bonds is 10. The van der Waals surface area contributed by atoms with Crippen LogP contribution < -0.4 is 5.32 Å². The van der Waals surface area contributed by atoms with Crippen molar-refractivity contribution >= 4 is 31.6 Å². The lowest BCUT2D eigenvalue weighted by Crippen LogP contribution is -2.12. The van der Waals surface area contributed by atoms with E-state index in [2.05, 4.69) is 53.6 Å². The standard InChI is InChI=1S/C35H30FN7O2S/c1-46(44,45)8-7-23-9-25(12-27(36)11-23)30-19-39-20-33-28(30)13-32(41-33)35-29-14-31(40-21-34(29)42-43-35)26-10-24(17-38-18-26)16-37-15-22-5-3-2-4-6-22/h2-6,9-14,17-21,37,41H,7-8,15-16H2,1H3,(H,42,43). The number of nitrogens with one attached hydrogen (secondary N) is 3. The molecule has 0 saturated carbocycles. The fourth-order valence-electron chi connectivity index (χ4n) is 5.61. The molecule has 0 unspecified atom stereocenters. The minimum absolute atomic E-state index is 0.0543. The second-order valence-electron chi connectivity index (χ2n) is 11.4. The van der Waals surface area contributed by atoms with Gasteiger partial charge in [0.2, 0.25) is 0 Å². The van der Waals surface area contributed by atoms with Gasteiger partial charge in [0, 0.05) is 59.8 Å². The van der Waals surface area contributed by atoms with Crippen LogP contribution in [0.25, 0.3) is 55.6 Å². The summed E-state index contributed by atoms with van der Waals surface area (Å²) in [6, 6.07) is 20.9. The summed E-state index contributed by atoms with van der Waals surface area (Å²) in [7, 11) is -3.18. The van der Waals surface area contributed by atoms with Crippen molar-refractivity contribution in [3.63, 3.8) is 0 Å². The van der Waals surface area contributed by atoms with E-state index in [0.29, 0.717) is 23.4 Å². The molecule has 0 atom stereocenters. The summed E-state index contributed by atoms with van der Waals surface area (Å²) in [4.78, 5) is 16.9. The number of aromatic nitrogens is 6. The van der Waals surface area contributed by atoms with Gasteiger partial charge in [-0.05, 0) is 59.0 Å². The van der Waals surface area contributed by atoms with Crippen molar-refractivity contribution in [1.82, 2.24) is 35.5 Å². The third-order valence-electron chi connectivity index (χ3n) is 7.87. The van der Waals surface area contributed by atoms with Crippen molar-refractivity contribution in [2.24, 2.45) is 0 Å². The first-order valence-corrected chi connectivity index (χ1v) is 16.8. The van der Waals surface area contributed by atoms with Gasteiger partial charge in [-0.15, -0.1) is 0 Å². The van der Waals surface area contributed by atoms with Gasteiger partial charge in [-0.1, -0.05) is 36.4 Å². The van der Waals surface area contributed by atoms with E-state index in [4.69, 9.17) is 0 Å². The summed E-state index contributed by atoms with van der Waals surface area (Å²) in [6.45, 7) is 1.43. The van der Waals surface area contributed by atoms with Gasteiger partial charge in [0.25, 0.3) is 0 Å². The quantitative estimate of drug-likeness (QED) is 0.163. The SMILES string of the molecule is CS(=O)(=O)CCc1cc(F)cc(-c2cncc3[nH]c(-c4n[nH]c5cnc(-c6cncc(CNCc7ccccc7)c6)cc45)cc23)c1. The first-order valence-electron chi connectivity index (χ1n) is 14.8. The van der Waals surface area contributed by atoms with Gasteiger partial charge in [-0.2, -0.15) is 5.10 Å². The maximum absolute atomic E-state index is 14.7. The molecule has 5 heterocycles. The number of sulfone groups is 1. The molecule has 0 aliphatic carbocycles. The summed E-state index contributed by atoms with van der Waals surface area (Å²) >= 11 is 0. The van der Waals surface area contributed by atoms with Gasteiger partial charge >= 0.3 is 0 Å². The summed E-state index contributed by atoms with van der Waals surface area (Å²) in [6.07, 6.45) is 10.2. The lowest BCUT2D eigenvalue weighted by Gasteiger charge is -2.07. The fourth-order valence-corrected chi connectivity index (χ4v) is 6.22. The van der Waals surface area contributed by atoms with Crippen LogP contribution in [0, 0.1) is 5.82 Å². The van der Waals surface area contributed by atoms with Crippen LogP contribution in [0.15, 0.2) is 97.7 Å². The minimum atomic E-state index is -3.18. The number of benzene rings is 2. The van der Waals surface area contributed by atoms with Gasteiger partial charge < -0.3 is 10.3 Å². The molecule has 7 aromatic rings. The second-order valence-corrected chi connectivity index (χ2v) is 13.7. The Kier molecular flexibility index (Phi) is 7.85. The molecule has 9 nitrogen and oxygen atoms in total. The van der Waals surface area contributed by atoms with Crippen molar-refractivity contribution in [1.29, 1.82) is 0 Å². The molecule has 11 heteroatoms. The molecular weight excluding hydrogens is 601 g/mol. The first-order chi connectivity index (χ1) is 22.3. The predicted molar refractivity (Wildman–Crippen MR) is 178 cm³/mol. The van der Waals surface area contributed by atoms with Gasteiger partial charge in [-0.3, -0.25) is 20.1 Å². The fraction of sp³-hybridized carbons (Fsp3) is 0.143. The summed E-state index contributed by atoms with van der Waals surface area (Å²) in [5, 5.41) is 12.9. The number of aromatic amines is 2. The molecule has 0 aliphatic heterocycles. The van der Waals surface area contributed by atoms with E-state index in [0.717, 1.165) is 56.4 Å². The van der Waals surface area contributed by atoms with Crippen LogP contribution in [0.2, 0.25) is 0 Å². The van der Waals surface area contributed by atoms with Crippen LogP contribution in [-0.2, 0) is 29.3 Å². The molecule has 7 rings (SSSR count). The van der Waals surface area contributed by atoms with E-state index >= 15 is 0 Å². The first kappa shape index (κ1) is 29.5. The molecule has 46 heavy (non-hydrogen) atoms. The summed E-state index contributed by atoms with van der Waals surface area (Å²) in [5.41, 5.74) is 8.91. The van der Waals surface area contributed by atoms with E-state index in [1.807, 2.05) is 42.6 Å². The Morgan fingerprint density at radius 2 is 1.59 bits per heavy atom. The van der Waals surface area contributed by atoms with E-state index in [1.165, 1.54) is 24.0 Å². The van der Waals surface area contributed by atoms with Crippen LogP contribution in [-0.4, -0.2) is 50.6 Å². The molecule has 0 spiro atoms. The van der Waals surface area contributed by atoms with Gasteiger partial charge in [0.05, 0.1) is 40.6 Å². The molecule has 0 aliphatic rings. The van der Waals surface area contributed by atoms with Crippen molar-refractivity contribution in [3.05, 3.63) is 120 Å². The van der Waals surface area contributed by atoms with E-state index in [1.54, 1.807) is 24.8 Å². The van der Waals surface area contributed by atoms with Crippen LogP contribution in [0.5, 0.6) is 0 Å². The molecule has 0 amide bonds. The van der Waals surface area contributed by atoms with Crippen molar-refractivity contribution < 1.29 is 12.8 Å². The number of nitrogens with zero attached hydrogens (tertiary/aromatic N) is 4. The van der Waals surface area contributed by atoms with E-state index in [-0.39, 0.29) is 12.2 Å². The molecule has 0 fully saturated rings. The van der Waals surface area contributed by atoms with Gasteiger partial charge in [0.1, 0.15) is 21.3 Å². The molecule has 0 radical (unpaired) electrons. The Hall–Kier alpha value is -5.26. The molecular formula is C35H30FN7O2S. The van der Waals surface area contributed by atoms with E-state index < -0.39 is 15.7 Å². The molecule has 0 bridgehead atoms. The molecule has 5 aromatic heterocycles. The number of hydrogen-bond donors (Lipinski definition) is 3. The van der Waals surface area contributed by atoms with Gasteiger partial charge in [-0.25, -0.2) is 12.8 Å². The average molecular weight is 632 g/mol. The zero-order valence-corrected chi connectivity index (χ0v) is 25.8. The van der Waals surface area contributed by atoms with Crippen LogP contribution in [0.3, 0.4) is 0 Å². The van der Waals surface area contributed by atoms with Crippen LogP contribution in [0.4, 0.5) is 4.39 Å². The zero-order valence-electron chi connectivity index (χ0n) is 25.0. The third kappa shape index (κ3) is 6.42. The Morgan fingerprint density at radius 1 is 0.783 bits per heavy atom. The average Bonchev–Trinajstić information content (AvgIpc) is 3.68. The predicted octanol–water partition coefficient (Wildman–Crippen LogP) is 6.25. The lowest BCUT2D eigenvalue weighted by molar-refractivity contribution is 0.600. The second kappa shape index (κ2) is 12.3. The largest absolute Gasteiger partial charge is 0.352 e. The van der Waals surface area contributed by atoms with Crippen LogP contribution >= 0.6 is 0 Å². The molecule has 2 aromatic carbocycles. The highest BCUT2D eigenvalue weighted by atomic mass is 32.2. The van der Waals surface area contributed by atoms with Crippen molar-refractivity contribution in [2.75, 3.05) is 12.0 Å². The Bertz CT molecular complexity index is 2300. The minimum Gasteiger partial charge on any atom is -0.352 e. The van der Waals surface area contributed by atoms with Gasteiger partial charge in [0.15, 0.2) is 0 Å². The van der Waals surface area contributed by atoms with Crippen LogP contribution in [0.1, 0.15) is 16.7 Å². The van der Waals surface area contributed by atoms with Crippen molar-refractivity contribution in [2.45, 2.75) is 19.5 Å². The Balaban J connectivity index is 1.19. The maximum atomic E-state index is 14.7. The number of aryl methyl sites for hydroxylation is 1.